The summed E-state index contributed by atoms with van der Waals surface area (Å²) in [6.07, 6.45) is 3.32. The minimum atomic E-state index is -1.36. The molecule has 0 aliphatic carbocycles. The summed E-state index contributed by atoms with van der Waals surface area (Å²) in [4.78, 5) is 109. The highest BCUT2D eigenvalue weighted by atomic mass is 32.1. The Morgan fingerprint density at radius 3 is 1.61 bits per heavy atom. The summed E-state index contributed by atoms with van der Waals surface area (Å²) >= 11 is 5.45. The minimum Gasteiger partial charge on any atom is -0.481 e. The highest BCUT2D eigenvalue weighted by molar-refractivity contribution is 7.80. The molecule has 1 aromatic rings. The Labute approximate surface area is 392 Å². The zero-order valence-corrected chi connectivity index (χ0v) is 38.3. The number of hydrogen-bond acceptors (Lipinski definition) is 14. The Balaban J connectivity index is 0.00000424. The lowest BCUT2D eigenvalue weighted by molar-refractivity contribution is -0.142. The molecular formula is C41H65N9O16S. The van der Waals surface area contributed by atoms with E-state index < -0.39 is 66.4 Å². The first-order valence-electron chi connectivity index (χ1n) is 21.6. The van der Waals surface area contributed by atoms with Crippen LogP contribution in [-0.2, 0) is 44.8 Å². The molecule has 376 valence electrons. The van der Waals surface area contributed by atoms with E-state index in [-0.39, 0.29) is 97.2 Å². The lowest BCUT2D eigenvalue weighted by atomic mass is 10.0. The maximum Gasteiger partial charge on any atom is 0.326 e. The summed E-state index contributed by atoms with van der Waals surface area (Å²) in [7, 11) is 0. The molecule has 1 aliphatic rings. The van der Waals surface area contributed by atoms with Gasteiger partial charge in [-0.15, -0.1) is 0 Å². The third-order valence-electron chi connectivity index (χ3n) is 9.93. The zero-order valence-electron chi connectivity index (χ0n) is 37.5. The lowest BCUT2D eigenvalue weighted by Gasteiger charge is -2.37. The first kappa shape index (κ1) is 58.8. The number of benzene rings is 1. The van der Waals surface area contributed by atoms with Crippen molar-refractivity contribution in [1.82, 2.24) is 40.9 Å². The second kappa shape index (κ2) is 33.3. The van der Waals surface area contributed by atoms with E-state index in [0.717, 1.165) is 24.8 Å². The van der Waals surface area contributed by atoms with E-state index >= 15 is 0 Å². The molecule has 1 aliphatic heterocycles. The number of unbranched alkanes of at least 4 members (excludes halogenated alkanes) is 3. The molecule has 1 aromatic carbocycles. The molecular weight excluding hydrogens is 907 g/mol. The second-order valence-corrected chi connectivity index (χ2v) is 15.8. The predicted octanol–water partition coefficient (Wildman–Crippen LogP) is -0.781. The van der Waals surface area contributed by atoms with Gasteiger partial charge >= 0.3 is 47.8 Å². The van der Waals surface area contributed by atoms with Crippen LogP contribution in [0.2, 0.25) is 0 Å². The predicted molar refractivity (Wildman–Crippen MR) is 244 cm³/mol. The fourth-order valence-electron chi connectivity index (χ4n) is 6.55. The quantitative estimate of drug-likeness (QED) is 0.0400. The fraction of sp³-hybridized carbons (Fsp3) is 0.610. The van der Waals surface area contributed by atoms with Crippen LogP contribution in [0, 0.1) is 0 Å². The number of rotatable bonds is 26. The van der Waals surface area contributed by atoms with Crippen LogP contribution in [0.3, 0.4) is 0 Å². The van der Waals surface area contributed by atoms with Gasteiger partial charge in [0.05, 0.1) is 26.2 Å². The van der Waals surface area contributed by atoms with Crippen LogP contribution in [0.1, 0.15) is 57.4 Å². The number of carboxylic acid groups (broad SMARTS) is 7. The molecule has 1 saturated heterocycles. The van der Waals surface area contributed by atoms with Gasteiger partial charge in [-0.25, -0.2) is 9.59 Å². The first-order valence-corrected chi connectivity index (χ1v) is 22.0. The number of thiocarbonyl (C=S) groups is 1. The van der Waals surface area contributed by atoms with Crippen LogP contribution in [0.5, 0.6) is 0 Å². The van der Waals surface area contributed by atoms with Crippen molar-refractivity contribution in [2.24, 2.45) is 0 Å². The molecule has 2 unspecified atom stereocenters. The molecule has 2 atom stereocenters. The van der Waals surface area contributed by atoms with E-state index in [1.165, 1.54) is 0 Å². The normalized spacial score (nSPS) is 15.7. The van der Waals surface area contributed by atoms with E-state index in [4.69, 9.17) is 22.4 Å². The van der Waals surface area contributed by atoms with Gasteiger partial charge in [0, 0.05) is 83.5 Å². The van der Waals surface area contributed by atoms with Crippen molar-refractivity contribution in [3.8, 4) is 0 Å². The number of urea groups is 1. The molecule has 0 bridgehead atoms. The highest BCUT2D eigenvalue weighted by Gasteiger charge is 2.28. The maximum absolute atomic E-state index is 12.2. The van der Waals surface area contributed by atoms with Crippen LogP contribution in [0.4, 0.5) is 10.5 Å². The molecule has 0 aromatic heterocycles. The molecule has 67 heavy (non-hydrogen) atoms. The Kier molecular flexibility index (Phi) is 29.2. The van der Waals surface area contributed by atoms with Crippen molar-refractivity contribution in [2.75, 3.05) is 96.9 Å². The summed E-state index contributed by atoms with van der Waals surface area (Å²) < 4.78 is 0. The van der Waals surface area contributed by atoms with E-state index in [1.54, 1.807) is 38.7 Å². The second-order valence-electron chi connectivity index (χ2n) is 15.4. The van der Waals surface area contributed by atoms with Crippen molar-refractivity contribution in [2.45, 2.75) is 70.4 Å². The highest BCUT2D eigenvalue weighted by Crippen LogP contribution is 2.16. The topological polar surface area (TPSA) is 368 Å². The third kappa shape index (κ3) is 29.8. The lowest BCUT2D eigenvalue weighted by Crippen LogP contribution is -2.53. The Hall–Kier alpha value is -6.22. The van der Waals surface area contributed by atoms with Gasteiger partial charge in [0.1, 0.15) is 12.6 Å². The minimum absolute atomic E-state index is 0.150. The molecule has 3 amide bonds. The standard InChI is InChI=1S/C38H59N9O14S.C3H6O2/c48-30(10-9-29(36(59)60)43-37(61)41-20-31(49)50)39-11-3-1-2-4-12-40-38(62)42-27-7-5-26(6-8-27)19-28-21-46(24-34(55)56)16-15-44(22-32(51)52)13-14-45(23-33(53)54)17-18-47(28)25-35(57)58;1-2-3(4)5/h5-8,28-29H,1-4,9-25H2,(H,39,48)(H,49,50)(H,51,52)(H,53,54)(H,55,56)(H,57,58)(H,59,60)(H2,40,42,62)(H2,41,43,61);2H2,1H3,(H,4,5). The third-order valence-corrected chi connectivity index (χ3v) is 10.2. The van der Waals surface area contributed by atoms with Gasteiger partial charge in [-0.05, 0) is 55.6 Å². The average molecular weight is 972 g/mol. The monoisotopic (exact) mass is 971 g/mol. The number of amides is 3. The molecule has 12 N–H and O–H groups in total. The molecule has 1 heterocycles. The van der Waals surface area contributed by atoms with Crippen LogP contribution in [-0.4, -0.2) is 218 Å². The average Bonchev–Trinajstić information content (AvgIpc) is 3.23. The summed E-state index contributed by atoms with van der Waals surface area (Å²) in [5.41, 5.74) is 1.51. The SMILES string of the molecule is CCC(=O)O.O=C(O)CNC(=O)NC(CCC(=O)NCCCCCCNC(=S)Nc1ccc(CC2CN(CC(=O)O)CCN(CC(=O)O)CCN(CC(=O)O)CCN2CC(=O)O)cc1)C(=O)O. The van der Waals surface area contributed by atoms with Gasteiger partial charge in [-0.3, -0.25) is 53.2 Å². The summed E-state index contributed by atoms with van der Waals surface area (Å²) in [5, 5.41) is 77.6. The Morgan fingerprint density at radius 2 is 1.12 bits per heavy atom. The van der Waals surface area contributed by atoms with E-state index in [1.807, 2.05) is 17.4 Å². The first-order chi connectivity index (χ1) is 31.7. The molecule has 1 fully saturated rings. The van der Waals surface area contributed by atoms with Gasteiger partial charge < -0.3 is 62.3 Å². The van der Waals surface area contributed by atoms with Gasteiger partial charge in [0.15, 0.2) is 5.11 Å². The molecule has 0 spiro atoms. The number of hydrogen-bond donors (Lipinski definition) is 12. The summed E-state index contributed by atoms with van der Waals surface area (Å²) in [6, 6.07) is 4.46. The van der Waals surface area contributed by atoms with E-state index in [0.29, 0.717) is 36.7 Å². The van der Waals surface area contributed by atoms with Gasteiger partial charge in [0.25, 0.3) is 0 Å². The molecule has 25 nitrogen and oxygen atoms in total. The number of nitrogens with zero attached hydrogens (tertiary/aromatic N) is 4. The van der Waals surface area contributed by atoms with Crippen molar-refractivity contribution < 1.29 is 78.9 Å². The number of nitrogens with one attached hydrogen (secondary N) is 5. The van der Waals surface area contributed by atoms with Gasteiger partial charge in [-0.1, -0.05) is 31.9 Å². The maximum atomic E-state index is 12.2. The van der Waals surface area contributed by atoms with Gasteiger partial charge in [-0.2, -0.15) is 0 Å². The van der Waals surface area contributed by atoms with Gasteiger partial charge in [0.2, 0.25) is 5.91 Å². The van der Waals surface area contributed by atoms with Crippen LogP contribution < -0.4 is 26.6 Å². The number of anilines is 1. The summed E-state index contributed by atoms with van der Waals surface area (Å²) in [5.74, 6) is -8.12. The van der Waals surface area contributed by atoms with Crippen LogP contribution in [0.15, 0.2) is 24.3 Å². The van der Waals surface area contributed by atoms with Crippen molar-refractivity contribution in [3.05, 3.63) is 29.8 Å². The van der Waals surface area contributed by atoms with Crippen molar-refractivity contribution >= 4 is 76.7 Å². The van der Waals surface area contributed by atoms with E-state index in [9.17, 15) is 68.7 Å². The molecule has 0 radical (unpaired) electrons. The van der Waals surface area contributed by atoms with Crippen molar-refractivity contribution in [3.63, 3.8) is 0 Å². The molecule has 26 heteroatoms. The zero-order chi connectivity index (χ0) is 50.3. The number of aliphatic carboxylic acids is 7. The molecule has 2 rings (SSSR count). The number of carbonyl (C=O) groups is 9. The van der Waals surface area contributed by atoms with Crippen LogP contribution >= 0.6 is 12.2 Å². The fourth-order valence-corrected chi connectivity index (χ4v) is 6.77. The van der Waals surface area contributed by atoms with Crippen LogP contribution in [0.25, 0.3) is 0 Å². The Bertz CT molecular complexity index is 1790. The largest absolute Gasteiger partial charge is 0.481 e. The smallest absolute Gasteiger partial charge is 0.326 e. The summed E-state index contributed by atoms with van der Waals surface area (Å²) in [6.45, 7) is 1.84. The Morgan fingerprint density at radius 1 is 0.627 bits per heavy atom. The number of carboxylic acids is 7. The number of carbonyl (C=O) groups excluding carboxylic acids is 2. The molecule has 0 saturated carbocycles. The van der Waals surface area contributed by atoms with E-state index in [2.05, 4.69) is 21.3 Å². The van der Waals surface area contributed by atoms with Crippen molar-refractivity contribution in [1.29, 1.82) is 0 Å².